The molecule has 0 radical (unpaired) electrons. The lowest BCUT2D eigenvalue weighted by atomic mass is 10.3. The van der Waals surface area contributed by atoms with Gasteiger partial charge < -0.3 is 9.42 Å². The van der Waals surface area contributed by atoms with Crippen molar-refractivity contribution in [2.24, 2.45) is 0 Å². The van der Waals surface area contributed by atoms with Crippen LogP contribution in [0, 0.1) is 6.92 Å². The highest BCUT2D eigenvalue weighted by atomic mass is 32.2. The molecule has 118 valence electrons. The highest BCUT2D eigenvalue weighted by molar-refractivity contribution is 7.92. The third-order valence-electron chi connectivity index (χ3n) is 3.91. The molecule has 0 aromatic carbocycles. The van der Waals surface area contributed by atoms with Crippen molar-refractivity contribution in [3.8, 4) is 0 Å². The molecule has 21 heavy (non-hydrogen) atoms. The van der Waals surface area contributed by atoms with Crippen LogP contribution in [0.3, 0.4) is 0 Å². The summed E-state index contributed by atoms with van der Waals surface area (Å²) in [4.78, 5) is 13.5. The molecule has 1 fully saturated rings. The van der Waals surface area contributed by atoms with E-state index in [0.717, 1.165) is 25.7 Å². The van der Waals surface area contributed by atoms with Crippen molar-refractivity contribution in [2.75, 3.05) is 12.8 Å². The minimum absolute atomic E-state index is 0.0339. The van der Waals surface area contributed by atoms with Crippen LogP contribution in [0.1, 0.15) is 43.6 Å². The van der Waals surface area contributed by atoms with Gasteiger partial charge >= 0.3 is 0 Å². The lowest BCUT2D eigenvalue weighted by Crippen LogP contribution is -2.30. The number of carbonyl (C=O) groups is 1. The molecule has 0 N–H and O–H groups in total. The Balaban J connectivity index is 1.83. The quantitative estimate of drug-likeness (QED) is 0.798. The summed E-state index contributed by atoms with van der Waals surface area (Å²) in [6.07, 6.45) is 3.47. The molecule has 1 aliphatic rings. The molecule has 0 saturated heterocycles. The number of hydrogen-bond donors (Lipinski definition) is 0. The van der Waals surface area contributed by atoms with Gasteiger partial charge in [-0.3, -0.25) is 4.79 Å². The summed E-state index contributed by atoms with van der Waals surface area (Å²) in [5.74, 6) is 0.450. The fourth-order valence-electron chi connectivity index (χ4n) is 2.66. The molecular weight excluding hydrogens is 292 g/mol. The first-order chi connectivity index (χ1) is 9.88. The number of rotatable bonds is 6. The van der Waals surface area contributed by atoms with Gasteiger partial charge in [0.05, 0.1) is 17.5 Å². The SMILES string of the molecule is Cc1cc(CN(C)C(=O)CCS(=O)(=O)C2CCCC2)no1. The van der Waals surface area contributed by atoms with Crippen molar-refractivity contribution in [1.82, 2.24) is 10.1 Å². The van der Waals surface area contributed by atoms with Crippen molar-refractivity contribution >= 4 is 15.7 Å². The van der Waals surface area contributed by atoms with Crippen LogP contribution < -0.4 is 0 Å². The Labute approximate surface area is 125 Å². The summed E-state index contributed by atoms with van der Waals surface area (Å²) in [6, 6.07) is 1.76. The summed E-state index contributed by atoms with van der Waals surface area (Å²) < 4.78 is 29.2. The number of carbonyl (C=O) groups excluding carboxylic acids is 1. The number of nitrogens with zero attached hydrogens (tertiary/aromatic N) is 2. The van der Waals surface area contributed by atoms with E-state index in [2.05, 4.69) is 5.16 Å². The Morgan fingerprint density at radius 1 is 1.43 bits per heavy atom. The van der Waals surface area contributed by atoms with E-state index in [1.165, 1.54) is 4.90 Å². The maximum Gasteiger partial charge on any atom is 0.223 e. The van der Waals surface area contributed by atoms with Gasteiger partial charge in [0.1, 0.15) is 11.5 Å². The van der Waals surface area contributed by atoms with Crippen LogP contribution in [0.2, 0.25) is 0 Å². The lowest BCUT2D eigenvalue weighted by Gasteiger charge is -2.16. The smallest absolute Gasteiger partial charge is 0.223 e. The van der Waals surface area contributed by atoms with E-state index in [9.17, 15) is 13.2 Å². The Kier molecular flexibility index (Phi) is 5.03. The predicted octanol–water partition coefficient (Wildman–Crippen LogP) is 1.69. The highest BCUT2D eigenvalue weighted by Crippen LogP contribution is 2.25. The molecular formula is C14H22N2O4S. The van der Waals surface area contributed by atoms with Gasteiger partial charge in [0.15, 0.2) is 9.84 Å². The third kappa shape index (κ3) is 4.30. The van der Waals surface area contributed by atoms with Gasteiger partial charge in [-0.05, 0) is 19.8 Å². The van der Waals surface area contributed by atoms with Crippen LogP contribution in [0.5, 0.6) is 0 Å². The highest BCUT2D eigenvalue weighted by Gasteiger charge is 2.29. The van der Waals surface area contributed by atoms with E-state index >= 15 is 0 Å². The van der Waals surface area contributed by atoms with Crippen molar-refractivity contribution < 1.29 is 17.7 Å². The van der Waals surface area contributed by atoms with Gasteiger partial charge in [0.25, 0.3) is 0 Å². The van der Waals surface area contributed by atoms with Gasteiger partial charge in [-0.1, -0.05) is 18.0 Å². The standard InChI is InChI=1S/C14H22N2O4S/c1-11-9-12(15-20-11)10-16(2)14(17)7-8-21(18,19)13-5-3-4-6-13/h9,13H,3-8,10H2,1-2H3. The zero-order chi connectivity index (χ0) is 15.5. The van der Waals surface area contributed by atoms with Crippen LogP contribution >= 0.6 is 0 Å². The van der Waals surface area contributed by atoms with E-state index in [-0.39, 0.29) is 23.3 Å². The summed E-state index contributed by atoms with van der Waals surface area (Å²) >= 11 is 0. The Morgan fingerprint density at radius 3 is 2.67 bits per heavy atom. The van der Waals surface area contributed by atoms with Crippen molar-refractivity contribution in [2.45, 2.75) is 50.8 Å². The molecule has 1 heterocycles. The lowest BCUT2D eigenvalue weighted by molar-refractivity contribution is -0.130. The Bertz CT molecular complexity index is 588. The maximum absolute atomic E-state index is 12.1. The molecule has 1 amide bonds. The molecule has 0 spiro atoms. The zero-order valence-electron chi connectivity index (χ0n) is 12.5. The van der Waals surface area contributed by atoms with Crippen LogP contribution in [-0.2, 0) is 21.2 Å². The second-order valence-electron chi connectivity index (χ2n) is 5.70. The summed E-state index contributed by atoms with van der Waals surface area (Å²) in [5.41, 5.74) is 0.669. The number of amides is 1. The molecule has 0 aliphatic heterocycles. The molecule has 6 nitrogen and oxygen atoms in total. The van der Waals surface area contributed by atoms with Crippen LogP contribution in [0.4, 0.5) is 0 Å². The van der Waals surface area contributed by atoms with Crippen molar-refractivity contribution in [1.29, 1.82) is 0 Å². The van der Waals surface area contributed by atoms with E-state index in [0.29, 0.717) is 18.0 Å². The molecule has 0 bridgehead atoms. The number of aromatic nitrogens is 1. The summed E-state index contributed by atoms with van der Waals surface area (Å²) in [6.45, 7) is 2.12. The van der Waals surface area contributed by atoms with Gasteiger partial charge in [-0.15, -0.1) is 0 Å². The van der Waals surface area contributed by atoms with Gasteiger partial charge in [-0.25, -0.2) is 8.42 Å². The first-order valence-corrected chi connectivity index (χ1v) is 8.98. The second-order valence-corrected chi connectivity index (χ2v) is 8.10. The molecule has 0 atom stereocenters. The fraction of sp³-hybridized carbons (Fsp3) is 0.714. The van der Waals surface area contributed by atoms with Gasteiger partial charge in [0, 0.05) is 19.5 Å². The van der Waals surface area contributed by atoms with E-state index in [1.54, 1.807) is 20.0 Å². The number of hydrogen-bond acceptors (Lipinski definition) is 5. The second kappa shape index (κ2) is 6.60. The minimum atomic E-state index is -3.14. The first-order valence-electron chi connectivity index (χ1n) is 7.26. The van der Waals surface area contributed by atoms with Crippen molar-refractivity contribution in [3.63, 3.8) is 0 Å². The molecule has 1 aliphatic carbocycles. The molecule has 7 heteroatoms. The van der Waals surface area contributed by atoms with E-state index < -0.39 is 9.84 Å². The van der Waals surface area contributed by atoms with E-state index in [1.807, 2.05) is 0 Å². The number of sulfone groups is 1. The van der Waals surface area contributed by atoms with Gasteiger partial charge in [-0.2, -0.15) is 0 Å². The molecule has 1 saturated carbocycles. The topological polar surface area (TPSA) is 80.5 Å². The molecule has 0 unspecified atom stereocenters. The normalized spacial score (nSPS) is 16.3. The zero-order valence-corrected chi connectivity index (χ0v) is 13.4. The average molecular weight is 314 g/mol. The average Bonchev–Trinajstić information content (AvgIpc) is 3.08. The Hall–Kier alpha value is -1.37. The summed E-state index contributed by atoms with van der Waals surface area (Å²) in [7, 11) is -1.49. The van der Waals surface area contributed by atoms with Crippen LogP contribution in [0.25, 0.3) is 0 Å². The largest absolute Gasteiger partial charge is 0.361 e. The maximum atomic E-state index is 12.1. The van der Waals surface area contributed by atoms with Crippen molar-refractivity contribution in [3.05, 3.63) is 17.5 Å². The minimum Gasteiger partial charge on any atom is -0.361 e. The molecule has 2 rings (SSSR count). The van der Waals surface area contributed by atoms with E-state index in [4.69, 9.17) is 4.52 Å². The Morgan fingerprint density at radius 2 is 2.10 bits per heavy atom. The third-order valence-corrected chi connectivity index (χ3v) is 6.17. The summed E-state index contributed by atoms with van der Waals surface area (Å²) in [5, 5.41) is 3.58. The first kappa shape index (κ1) is 16.0. The molecule has 1 aromatic heterocycles. The monoisotopic (exact) mass is 314 g/mol. The van der Waals surface area contributed by atoms with Crippen LogP contribution in [0.15, 0.2) is 10.6 Å². The number of aryl methyl sites for hydroxylation is 1. The fourth-order valence-corrected chi connectivity index (χ4v) is 4.50. The molecule has 1 aromatic rings. The predicted molar refractivity (Wildman–Crippen MR) is 78.4 cm³/mol. The van der Waals surface area contributed by atoms with Gasteiger partial charge in [0.2, 0.25) is 5.91 Å². The van der Waals surface area contributed by atoms with Crippen LogP contribution in [-0.4, -0.2) is 42.4 Å².